The van der Waals surface area contributed by atoms with Crippen LogP contribution < -0.4 is 0 Å². The highest BCUT2D eigenvalue weighted by molar-refractivity contribution is 8.18. The van der Waals surface area contributed by atoms with E-state index in [1.165, 1.54) is 22.5 Å². The minimum absolute atomic E-state index is 0.0921. The van der Waals surface area contributed by atoms with Crippen LogP contribution in [0.4, 0.5) is 0 Å². The van der Waals surface area contributed by atoms with Gasteiger partial charge in [-0.05, 0) is 69.6 Å². The molecule has 2 aliphatic heterocycles. The van der Waals surface area contributed by atoms with Crippen LogP contribution in [0.2, 0.25) is 5.02 Å². The van der Waals surface area contributed by atoms with E-state index in [0.717, 1.165) is 22.4 Å². The van der Waals surface area contributed by atoms with Crippen LogP contribution in [-0.4, -0.2) is 26.8 Å². The average Bonchev–Trinajstić information content (AvgIpc) is 3.49. The third-order valence-corrected chi connectivity index (χ3v) is 7.26. The average molecular weight is 495 g/mol. The summed E-state index contributed by atoms with van der Waals surface area (Å²) in [5.74, 6) is -0.266. The second-order valence-corrected chi connectivity index (χ2v) is 9.77. The molecule has 1 amide bonds. The SMILES string of the molecule is O=C1N=C(N2N=C(c3ccc4ccccc4c3)CC2c2ccc(Cl)cc2)S/C1=C\c1cccnc1. The third-order valence-electron chi connectivity index (χ3n) is 6.04. The number of thioether (sulfide) groups is 1. The molecule has 2 aliphatic rings. The van der Waals surface area contributed by atoms with Crippen molar-refractivity contribution in [1.82, 2.24) is 9.99 Å². The van der Waals surface area contributed by atoms with Crippen LogP contribution in [0.3, 0.4) is 0 Å². The summed E-state index contributed by atoms with van der Waals surface area (Å²) in [6.45, 7) is 0. The van der Waals surface area contributed by atoms with E-state index in [0.29, 0.717) is 21.5 Å². The van der Waals surface area contributed by atoms with E-state index in [-0.39, 0.29) is 11.9 Å². The molecule has 1 atom stereocenters. The maximum Gasteiger partial charge on any atom is 0.286 e. The number of amidine groups is 1. The quantitative estimate of drug-likeness (QED) is 0.297. The Labute approximate surface area is 211 Å². The summed E-state index contributed by atoms with van der Waals surface area (Å²) < 4.78 is 0. The molecule has 0 saturated carbocycles. The Morgan fingerprint density at radius 3 is 2.60 bits per heavy atom. The molecule has 4 aromatic rings. The lowest BCUT2D eigenvalue weighted by Gasteiger charge is -2.22. The molecule has 170 valence electrons. The Hall–Kier alpha value is -3.74. The van der Waals surface area contributed by atoms with Crippen LogP contribution in [0.1, 0.15) is 29.2 Å². The molecule has 0 saturated heterocycles. The molecule has 0 fully saturated rings. The van der Waals surface area contributed by atoms with Gasteiger partial charge in [-0.2, -0.15) is 10.1 Å². The van der Waals surface area contributed by atoms with E-state index >= 15 is 0 Å². The van der Waals surface area contributed by atoms with Gasteiger partial charge in [-0.15, -0.1) is 0 Å². The van der Waals surface area contributed by atoms with Crippen molar-refractivity contribution < 1.29 is 4.79 Å². The van der Waals surface area contributed by atoms with Crippen molar-refractivity contribution in [2.75, 3.05) is 0 Å². The molecule has 0 spiro atoms. The monoisotopic (exact) mass is 494 g/mol. The molecule has 0 bridgehead atoms. The summed E-state index contributed by atoms with van der Waals surface area (Å²) in [6, 6.07) is 26.1. The summed E-state index contributed by atoms with van der Waals surface area (Å²) in [4.78, 5) is 21.8. The van der Waals surface area contributed by atoms with E-state index in [9.17, 15) is 4.79 Å². The lowest BCUT2D eigenvalue weighted by atomic mass is 9.97. The summed E-state index contributed by atoms with van der Waals surface area (Å²) in [7, 11) is 0. The highest BCUT2D eigenvalue weighted by Gasteiger charge is 2.36. The van der Waals surface area contributed by atoms with Crippen LogP contribution in [0.25, 0.3) is 16.8 Å². The minimum Gasteiger partial charge on any atom is -0.266 e. The highest BCUT2D eigenvalue weighted by Crippen LogP contribution is 2.40. The molecule has 0 radical (unpaired) electrons. The number of aliphatic imine (C=N–C) groups is 1. The number of pyridine rings is 1. The zero-order valence-electron chi connectivity index (χ0n) is 18.5. The lowest BCUT2D eigenvalue weighted by molar-refractivity contribution is -0.113. The molecule has 3 aromatic carbocycles. The molecular weight excluding hydrogens is 476 g/mol. The van der Waals surface area contributed by atoms with E-state index in [4.69, 9.17) is 16.7 Å². The fourth-order valence-corrected chi connectivity index (χ4v) is 5.32. The van der Waals surface area contributed by atoms with Gasteiger partial charge < -0.3 is 0 Å². The number of rotatable bonds is 3. The van der Waals surface area contributed by atoms with Crippen molar-refractivity contribution in [2.45, 2.75) is 12.5 Å². The number of hydrogen-bond acceptors (Lipinski definition) is 5. The van der Waals surface area contributed by atoms with Crippen LogP contribution in [0.15, 0.2) is 106 Å². The van der Waals surface area contributed by atoms with Crippen molar-refractivity contribution in [2.24, 2.45) is 10.1 Å². The first-order chi connectivity index (χ1) is 17.1. The van der Waals surface area contributed by atoms with Gasteiger partial charge in [0.25, 0.3) is 5.91 Å². The van der Waals surface area contributed by atoms with Gasteiger partial charge in [0.15, 0.2) is 5.17 Å². The van der Waals surface area contributed by atoms with Gasteiger partial charge in [0, 0.05) is 23.8 Å². The van der Waals surface area contributed by atoms with Gasteiger partial charge in [0.1, 0.15) is 0 Å². The summed E-state index contributed by atoms with van der Waals surface area (Å²) in [5, 5.41) is 10.5. The van der Waals surface area contributed by atoms with E-state index in [1.807, 2.05) is 59.6 Å². The largest absolute Gasteiger partial charge is 0.286 e. The van der Waals surface area contributed by atoms with Crippen molar-refractivity contribution >= 4 is 57.0 Å². The predicted octanol–water partition coefficient (Wildman–Crippen LogP) is 6.71. The van der Waals surface area contributed by atoms with Gasteiger partial charge in [0.05, 0.1) is 16.7 Å². The first kappa shape index (κ1) is 21.8. The number of aromatic nitrogens is 1. The third kappa shape index (κ3) is 4.38. The molecule has 1 unspecified atom stereocenters. The lowest BCUT2D eigenvalue weighted by Crippen LogP contribution is -2.23. The Kier molecular flexibility index (Phi) is 5.68. The molecule has 0 aliphatic carbocycles. The van der Waals surface area contributed by atoms with Crippen molar-refractivity contribution in [3.05, 3.63) is 118 Å². The van der Waals surface area contributed by atoms with E-state index < -0.39 is 0 Å². The Balaban J connectivity index is 1.37. The van der Waals surface area contributed by atoms with Crippen LogP contribution in [-0.2, 0) is 4.79 Å². The number of benzene rings is 3. The Bertz CT molecular complexity index is 1530. The van der Waals surface area contributed by atoms with E-state index in [1.54, 1.807) is 12.4 Å². The van der Waals surface area contributed by atoms with Gasteiger partial charge in [-0.25, -0.2) is 5.01 Å². The van der Waals surface area contributed by atoms with Crippen LogP contribution in [0.5, 0.6) is 0 Å². The minimum atomic E-state index is -0.266. The molecule has 35 heavy (non-hydrogen) atoms. The standard InChI is InChI=1S/C28H19ClN4OS/c29-23-11-9-20(10-12-23)25-16-24(22-8-7-19-5-1-2-6-21(19)15-22)32-33(25)28-31-27(34)26(35-28)14-18-4-3-13-30-17-18/h1-15,17,25H,16H2/b26-14-. The van der Waals surface area contributed by atoms with Crippen molar-refractivity contribution in [3.63, 3.8) is 0 Å². The summed E-state index contributed by atoms with van der Waals surface area (Å²) in [5.41, 5.74) is 3.94. The first-order valence-corrected chi connectivity index (χ1v) is 12.4. The zero-order chi connectivity index (χ0) is 23.8. The predicted molar refractivity (Wildman–Crippen MR) is 143 cm³/mol. The van der Waals surface area contributed by atoms with Crippen molar-refractivity contribution in [3.8, 4) is 0 Å². The maximum absolute atomic E-state index is 12.7. The fraction of sp³-hybridized carbons (Fsp3) is 0.0714. The fourth-order valence-electron chi connectivity index (χ4n) is 4.28. The number of hydrazone groups is 1. The smallest absolute Gasteiger partial charge is 0.266 e. The molecule has 7 heteroatoms. The van der Waals surface area contributed by atoms with Gasteiger partial charge >= 0.3 is 0 Å². The number of nitrogens with zero attached hydrogens (tertiary/aromatic N) is 4. The molecular formula is C28H19ClN4OS. The molecule has 1 aromatic heterocycles. The number of amides is 1. The maximum atomic E-state index is 12.7. The van der Waals surface area contributed by atoms with Crippen molar-refractivity contribution in [1.29, 1.82) is 0 Å². The van der Waals surface area contributed by atoms with Gasteiger partial charge in [-0.3, -0.25) is 9.78 Å². The number of carbonyl (C=O) groups excluding carboxylic acids is 1. The van der Waals surface area contributed by atoms with Gasteiger partial charge in [0.2, 0.25) is 0 Å². The number of hydrogen-bond donors (Lipinski definition) is 0. The van der Waals surface area contributed by atoms with E-state index in [2.05, 4.69) is 40.3 Å². The number of fused-ring (bicyclic) bond motifs is 1. The Morgan fingerprint density at radius 2 is 1.80 bits per heavy atom. The van der Waals surface area contributed by atoms with Crippen LogP contribution >= 0.6 is 23.4 Å². The number of halogens is 1. The second-order valence-electron chi connectivity index (χ2n) is 8.32. The topological polar surface area (TPSA) is 57.9 Å². The first-order valence-electron chi connectivity index (χ1n) is 11.2. The molecule has 6 rings (SSSR count). The molecule has 0 N–H and O–H groups in total. The summed E-state index contributed by atoms with van der Waals surface area (Å²) >= 11 is 7.49. The zero-order valence-corrected chi connectivity index (χ0v) is 20.1. The highest BCUT2D eigenvalue weighted by atomic mass is 35.5. The Morgan fingerprint density at radius 1 is 0.971 bits per heavy atom. The summed E-state index contributed by atoms with van der Waals surface area (Å²) in [6.07, 6.45) is 5.94. The second kappa shape index (κ2) is 9.13. The number of carbonyl (C=O) groups is 1. The van der Waals surface area contributed by atoms with Crippen LogP contribution in [0, 0.1) is 0 Å². The molecule has 3 heterocycles. The van der Waals surface area contributed by atoms with Gasteiger partial charge in [-0.1, -0.05) is 66.2 Å². The molecule has 5 nitrogen and oxygen atoms in total. The normalized spacial score (nSPS) is 18.9.